The highest BCUT2D eigenvalue weighted by atomic mass is 16.5. The number of hydrogen-bond donors (Lipinski definition) is 1. The molecule has 1 N–H and O–H groups in total. The van der Waals surface area contributed by atoms with E-state index in [0.717, 1.165) is 5.56 Å². The highest BCUT2D eigenvalue weighted by Crippen LogP contribution is 2.23. The molecule has 3 aromatic rings. The molecule has 0 aliphatic rings. The molecule has 0 saturated heterocycles. The third-order valence-corrected chi connectivity index (χ3v) is 4.07. The third kappa shape index (κ3) is 4.20. The number of aromatic nitrogens is 3. The van der Waals surface area contributed by atoms with Gasteiger partial charge in [-0.1, -0.05) is 36.4 Å². The number of carboxylic acid groups (broad SMARTS) is 1. The minimum absolute atomic E-state index is 0.0737. The minimum atomic E-state index is -1.02. The van der Waals surface area contributed by atoms with Gasteiger partial charge in [0.2, 0.25) is 0 Å². The highest BCUT2D eigenvalue weighted by molar-refractivity contribution is 5.95. The van der Waals surface area contributed by atoms with Gasteiger partial charge < -0.3 is 9.84 Å². The number of carbonyl (C=O) groups excluding carboxylic acids is 1. The summed E-state index contributed by atoms with van der Waals surface area (Å²) >= 11 is 0. The van der Waals surface area contributed by atoms with Gasteiger partial charge in [-0.05, 0) is 19.1 Å². The quantitative estimate of drug-likeness (QED) is 0.647. The molecule has 3 rings (SSSR count). The smallest absolute Gasteiger partial charge is 0.325 e. The zero-order valence-corrected chi connectivity index (χ0v) is 15.0. The maximum atomic E-state index is 11.7. The van der Waals surface area contributed by atoms with Gasteiger partial charge in [-0.2, -0.15) is 5.10 Å². The number of methoxy groups -OCH3 is 1. The van der Waals surface area contributed by atoms with Crippen LogP contribution in [0.15, 0.2) is 48.5 Å². The Hall–Kier alpha value is -3.48. The van der Waals surface area contributed by atoms with E-state index in [-0.39, 0.29) is 12.3 Å². The lowest BCUT2D eigenvalue weighted by molar-refractivity contribution is -0.137. The Labute approximate surface area is 156 Å². The van der Waals surface area contributed by atoms with Crippen LogP contribution < -0.4 is 4.74 Å². The molecule has 0 atom stereocenters. The van der Waals surface area contributed by atoms with Crippen molar-refractivity contribution < 1.29 is 19.4 Å². The fourth-order valence-electron chi connectivity index (χ4n) is 2.81. The fraction of sp³-hybridized carbons (Fsp3) is 0.200. The Kier molecular flexibility index (Phi) is 5.30. The van der Waals surface area contributed by atoms with Crippen LogP contribution in [0.3, 0.4) is 0 Å². The van der Waals surface area contributed by atoms with Crippen molar-refractivity contribution in [3.05, 3.63) is 65.5 Å². The summed E-state index contributed by atoms with van der Waals surface area (Å²) in [6.45, 7) is 1.16. The number of ether oxygens (including phenoxy) is 1. The average Bonchev–Trinajstić information content (AvgIpc) is 3.03. The molecule has 27 heavy (non-hydrogen) atoms. The summed E-state index contributed by atoms with van der Waals surface area (Å²) in [5, 5.41) is 13.6. The first-order chi connectivity index (χ1) is 13.0. The number of para-hydroxylation sites is 1. The summed E-state index contributed by atoms with van der Waals surface area (Å²) < 4.78 is 6.69. The molecule has 0 spiro atoms. The van der Waals surface area contributed by atoms with E-state index in [2.05, 4.69) is 10.1 Å². The molecule has 1 aromatic heterocycles. The molecule has 7 nitrogen and oxygen atoms in total. The largest absolute Gasteiger partial charge is 0.496 e. The fourth-order valence-corrected chi connectivity index (χ4v) is 2.81. The molecule has 0 bridgehead atoms. The zero-order chi connectivity index (χ0) is 19.4. The Balaban J connectivity index is 2.02. The third-order valence-electron chi connectivity index (χ3n) is 4.07. The summed E-state index contributed by atoms with van der Waals surface area (Å²) in [5.41, 5.74) is 2.07. The standard InChI is InChI=1S/C20H19N3O4/c1-13(24)14-7-5-8-16(10-14)20-21-18(22-23(20)12-19(25)26)11-15-6-3-4-9-17(15)27-2/h3-10H,11-12H2,1-2H3,(H,25,26). The van der Waals surface area contributed by atoms with E-state index < -0.39 is 5.97 Å². The average molecular weight is 365 g/mol. The first-order valence-corrected chi connectivity index (χ1v) is 8.36. The molecule has 0 radical (unpaired) electrons. The van der Waals surface area contributed by atoms with Crippen LogP contribution in [0, 0.1) is 0 Å². The van der Waals surface area contributed by atoms with Crippen molar-refractivity contribution in [2.75, 3.05) is 7.11 Å². The maximum Gasteiger partial charge on any atom is 0.325 e. The van der Waals surface area contributed by atoms with Gasteiger partial charge in [-0.3, -0.25) is 9.59 Å². The van der Waals surface area contributed by atoms with Gasteiger partial charge >= 0.3 is 5.97 Å². The van der Waals surface area contributed by atoms with Crippen molar-refractivity contribution in [1.82, 2.24) is 14.8 Å². The molecule has 0 aliphatic heterocycles. The number of rotatable bonds is 7. The molecule has 7 heteroatoms. The second-order valence-corrected chi connectivity index (χ2v) is 6.03. The van der Waals surface area contributed by atoms with Crippen molar-refractivity contribution in [2.24, 2.45) is 0 Å². The number of hydrogen-bond acceptors (Lipinski definition) is 5. The summed E-state index contributed by atoms with van der Waals surface area (Å²) in [7, 11) is 1.59. The van der Waals surface area contributed by atoms with E-state index in [1.54, 1.807) is 31.4 Å². The second-order valence-electron chi connectivity index (χ2n) is 6.03. The van der Waals surface area contributed by atoms with Gasteiger partial charge in [-0.15, -0.1) is 0 Å². The first-order valence-electron chi connectivity index (χ1n) is 8.36. The Morgan fingerprint density at radius 3 is 2.63 bits per heavy atom. The van der Waals surface area contributed by atoms with E-state index in [9.17, 15) is 14.7 Å². The maximum absolute atomic E-state index is 11.7. The van der Waals surface area contributed by atoms with E-state index in [1.165, 1.54) is 11.6 Å². The topological polar surface area (TPSA) is 94.3 Å². The Morgan fingerprint density at radius 1 is 1.15 bits per heavy atom. The molecule has 1 heterocycles. The van der Waals surface area contributed by atoms with Crippen molar-refractivity contribution in [1.29, 1.82) is 0 Å². The van der Waals surface area contributed by atoms with E-state index in [0.29, 0.717) is 34.9 Å². The van der Waals surface area contributed by atoms with Gasteiger partial charge in [-0.25, -0.2) is 9.67 Å². The first kappa shape index (κ1) is 18.3. The van der Waals surface area contributed by atoms with Gasteiger partial charge in [0.25, 0.3) is 0 Å². The van der Waals surface area contributed by atoms with Crippen molar-refractivity contribution in [3.8, 4) is 17.1 Å². The molecular formula is C20H19N3O4. The van der Waals surface area contributed by atoms with E-state index >= 15 is 0 Å². The number of benzene rings is 2. The van der Waals surface area contributed by atoms with Crippen LogP contribution in [0.2, 0.25) is 0 Å². The van der Waals surface area contributed by atoms with E-state index in [4.69, 9.17) is 4.74 Å². The van der Waals surface area contributed by atoms with Crippen molar-refractivity contribution in [3.63, 3.8) is 0 Å². The lowest BCUT2D eigenvalue weighted by Gasteiger charge is -2.05. The van der Waals surface area contributed by atoms with Crippen LogP contribution in [0.5, 0.6) is 5.75 Å². The number of nitrogens with zero attached hydrogens (tertiary/aromatic N) is 3. The summed E-state index contributed by atoms with van der Waals surface area (Å²) in [5.74, 6) is 0.504. The molecule has 0 fully saturated rings. The van der Waals surface area contributed by atoms with Gasteiger partial charge in [0, 0.05) is 23.1 Å². The number of carboxylic acids is 1. The van der Waals surface area contributed by atoms with Crippen LogP contribution in [-0.4, -0.2) is 38.7 Å². The lowest BCUT2D eigenvalue weighted by Crippen LogP contribution is -2.12. The number of ketones is 1. The predicted octanol–water partition coefficient (Wildman–Crippen LogP) is 2.83. The van der Waals surface area contributed by atoms with Crippen LogP contribution in [0.4, 0.5) is 0 Å². The van der Waals surface area contributed by atoms with Gasteiger partial charge in [0.05, 0.1) is 7.11 Å². The molecule has 0 aliphatic carbocycles. The molecule has 0 amide bonds. The summed E-state index contributed by atoms with van der Waals surface area (Å²) in [6, 6.07) is 14.4. The normalized spacial score (nSPS) is 10.6. The van der Waals surface area contributed by atoms with Crippen molar-refractivity contribution in [2.45, 2.75) is 19.9 Å². The second kappa shape index (κ2) is 7.82. The van der Waals surface area contributed by atoms with Gasteiger partial charge in [0.1, 0.15) is 12.3 Å². The predicted molar refractivity (Wildman–Crippen MR) is 98.9 cm³/mol. The lowest BCUT2D eigenvalue weighted by atomic mass is 10.1. The molecule has 0 unspecified atom stereocenters. The minimum Gasteiger partial charge on any atom is -0.496 e. The van der Waals surface area contributed by atoms with Gasteiger partial charge in [0.15, 0.2) is 17.4 Å². The summed E-state index contributed by atoms with van der Waals surface area (Å²) in [6.07, 6.45) is 0.399. The van der Waals surface area contributed by atoms with Crippen LogP contribution in [0.1, 0.15) is 28.7 Å². The van der Waals surface area contributed by atoms with E-state index in [1.807, 2.05) is 24.3 Å². The zero-order valence-electron chi connectivity index (χ0n) is 15.0. The monoisotopic (exact) mass is 365 g/mol. The highest BCUT2D eigenvalue weighted by Gasteiger charge is 2.16. The number of aliphatic carboxylic acids is 1. The Morgan fingerprint density at radius 2 is 1.93 bits per heavy atom. The van der Waals surface area contributed by atoms with Crippen LogP contribution in [0.25, 0.3) is 11.4 Å². The Bertz CT molecular complexity index is 994. The van der Waals surface area contributed by atoms with Crippen molar-refractivity contribution >= 4 is 11.8 Å². The number of Topliss-reactive ketones (excluding diaryl/α,β-unsaturated/α-hetero) is 1. The SMILES string of the molecule is COc1ccccc1Cc1nc(-c2cccc(C(C)=O)c2)n(CC(=O)O)n1. The number of carbonyl (C=O) groups is 2. The molecule has 138 valence electrons. The molecular weight excluding hydrogens is 346 g/mol. The van der Waals surface area contributed by atoms with Crippen LogP contribution >= 0.6 is 0 Å². The molecule has 2 aromatic carbocycles. The summed E-state index contributed by atoms with van der Waals surface area (Å²) in [4.78, 5) is 27.4. The molecule has 0 saturated carbocycles. The van der Waals surface area contributed by atoms with Crippen LogP contribution in [-0.2, 0) is 17.8 Å².